The molecule has 0 bridgehead atoms. The van der Waals surface area contributed by atoms with Gasteiger partial charge in [-0.3, -0.25) is 4.79 Å². The number of carbonyl (C=O) groups is 1. The van der Waals surface area contributed by atoms with E-state index in [0.29, 0.717) is 11.9 Å². The minimum atomic E-state index is -0.221. The Balaban J connectivity index is 1.74. The van der Waals surface area contributed by atoms with Crippen LogP contribution in [0.5, 0.6) is 0 Å². The minimum absolute atomic E-state index is 0.221. The van der Waals surface area contributed by atoms with Crippen LogP contribution in [0.25, 0.3) is 0 Å². The first-order valence-corrected chi connectivity index (χ1v) is 8.33. The molecule has 1 N–H and O–H groups in total. The van der Waals surface area contributed by atoms with Crippen LogP contribution in [0.1, 0.15) is 64.7 Å². The summed E-state index contributed by atoms with van der Waals surface area (Å²) < 4.78 is 0. The van der Waals surface area contributed by atoms with Gasteiger partial charge >= 0.3 is 0 Å². The molecule has 0 aromatic heterocycles. The number of amides is 1. The van der Waals surface area contributed by atoms with Gasteiger partial charge in [-0.1, -0.05) is 19.8 Å². The fourth-order valence-electron chi connectivity index (χ4n) is 4.59. The number of hydrogen-bond donors (Lipinski definition) is 1. The molecule has 1 saturated carbocycles. The first-order chi connectivity index (χ1) is 9.27. The normalized spacial score (nSPS) is 36.3. The molecule has 2 atom stereocenters. The van der Waals surface area contributed by atoms with Crippen molar-refractivity contribution in [3.05, 3.63) is 0 Å². The summed E-state index contributed by atoms with van der Waals surface area (Å²) in [5.41, 5.74) is -0.221. The van der Waals surface area contributed by atoms with Gasteiger partial charge in [-0.15, -0.1) is 0 Å². The van der Waals surface area contributed by atoms with Crippen LogP contribution in [0.15, 0.2) is 0 Å². The summed E-state index contributed by atoms with van der Waals surface area (Å²) in [6.07, 6.45) is 11.0. The predicted molar refractivity (Wildman–Crippen MR) is 77.0 cm³/mol. The molecule has 3 fully saturated rings. The van der Waals surface area contributed by atoms with Gasteiger partial charge in [0.05, 0.1) is 5.54 Å². The maximum absolute atomic E-state index is 13.0. The zero-order valence-electron chi connectivity index (χ0n) is 12.3. The van der Waals surface area contributed by atoms with Crippen LogP contribution in [0, 0.1) is 5.92 Å². The third-order valence-corrected chi connectivity index (χ3v) is 5.76. The Morgan fingerprint density at radius 1 is 1.21 bits per heavy atom. The number of nitrogens with zero attached hydrogens (tertiary/aromatic N) is 1. The Morgan fingerprint density at radius 3 is 2.63 bits per heavy atom. The van der Waals surface area contributed by atoms with Crippen molar-refractivity contribution in [3.8, 4) is 0 Å². The molecular weight excluding hydrogens is 236 g/mol. The molecule has 2 aliphatic heterocycles. The summed E-state index contributed by atoms with van der Waals surface area (Å²) in [5.74, 6) is 1.21. The second kappa shape index (κ2) is 5.43. The number of carbonyl (C=O) groups excluding carboxylic acids is 1. The standard InChI is InChI=1S/C16H28N2O/c1-2-16(10-6-11-17-16)15(19)18-12-5-9-14(18)13-7-3-4-8-13/h13-14,17H,2-12H2,1H3. The van der Waals surface area contributed by atoms with Gasteiger partial charge in [0, 0.05) is 12.6 Å². The van der Waals surface area contributed by atoms with Gasteiger partial charge < -0.3 is 10.2 Å². The maximum Gasteiger partial charge on any atom is 0.243 e. The summed E-state index contributed by atoms with van der Waals surface area (Å²) in [7, 11) is 0. The molecule has 19 heavy (non-hydrogen) atoms. The molecule has 0 spiro atoms. The molecular formula is C16H28N2O. The quantitative estimate of drug-likeness (QED) is 0.850. The van der Waals surface area contributed by atoms with Crippen molar-refractivity contribution in [2.24, 2.45) is 5.92 Å². The van der Waals surface area contributed by atoms with Crippen LogP contribution in [-0.4, -0.2) is 35.5 Å². The zero-order valence-corrected chi connectivity index (χ0v) is 12.3. The van der Waals surface area contributed by atoms with Crippen molar-refractivity contribution in [1.29, 1.82) is 0 Å². The predicted octanol–water partition coefficient (Wildman–Crippen LogP) is 2.70. The highest BCUT2D eigenvalue weighted by molar-refractivity contribution is 5.87. The number of hydrogen-bond acceptors (Lipinski definition) is 2. The van der Waals surface area contributed by atoms with Crippen molar-refractivity contribution in [3.63, 3.8) is 0 Å². The lowest BCUT2D eigenvalue weighted by molar-refractivity contribution is -0.139. The summed E-state index contributed by atoms with van der Waals surface area (Å²) in [6, 6.07) is 0.556. The van der Waals surface area contributed by atoms with E-state index in [9.17, 15) is 4.79 Å². The molecule has 3 rings (SSSR count). The second-order valence-corrected chi connectivity index (χ2v) is 6.72. The van der Waals surface area contributed by atoms with E-state index in [1.54, 1.807) is 0 Å². The molecule has 0 aromatic carbocycles. The van der Waals surface area contributed by atoms with Crippen molar-refractivity contribution in [1.82, 2.24) is 10.2 Å². The fraction of sp³-hybridized carbons (Fsp3) is 0.938. The summed E-state index contributed by atoms with van der Waals surface area (Å²) in [4.78, 5) is 15.3. The largest absolute Gasteiger partial charge is 0.338 e. The van der Waals surface area contributed by atoms with Crippen LogP contribution in [0.2, 0.25) is 0 Å². The second-order valence-electron chi connectivity index (χ2n) is 6.72. The molecule has 1 amide bonds. The van der Waals surface area contributed by atoms with E-state index in [0.717, 1.165) is 38.3 Å². The molecule has 0 aromatic rings. The summed E-state index contributed by atoms with van der Waals surface area (Å²) in [6.45, 7) is 4.18. The Kier molecular flexibility index (Phi) is 3.84. The molecule has 1 aliphatic carbocycles. The molecule has 2 unspecified atom stereocenters. The number of nitrogens with one attached hydrogen (secondary N) is 1. The molecule has 2 saturated heterocycles. The van der Waals surface area contributed by atoms with E-state index in [1.807, 2.05) is 0 Å². The summed E-state index contributed by atoms with van der Waals surface area (Å²) >= 11 is 0. The van der Waals surface area contributed by atoms with Crippen LogP contribution in [0.3, 0.4) is 0 Å². The van der Waals surface area contributed by atoms with E-state index in [-0.39, 0.29) is 5.54 Å². The van der Waals surface area contributed by atoms with Crippen molar-refractivity contribution in [2.45, 2.75) is 76.3 Å². The SMILES string of the molecule is CCC1(C(=O)N2CCCC2C2CCCC2)CCCN1. The smallest absolute Gasteiger partial charge is 0.243 e. The van der Waals surface area contributed by atoms with Gasteiger partial charge in [0.25, 0.3) is 0 Å². The number of likely N-dealkylation sites (tertiary alicyclic amines) is 1. The van der Waals surface area contributed by atoms with Gasteiger partial charge in [-0.25, -0.2) is 0 Å². The van der Waals surface area contributed by atoms with E-state index in [4.69, 9.17) is 0 Å². The molecule has 3 nitrogen and oxygen atoms in total. The highest BCUT2D eigenvalue weighted by atomic mass is 16.2. The average molecular weight is 264 g/mol. The fourth-order valence-corrected chi connectivity index (χ4v) is 4.59. The topological polar surface area (TPSA) is 32.3 Å². The van der Waals surface area contributed by atoms with Gasteiger partial charge in [0.1, 0.15) is 0 Å². The third-order valence-electron chi connectivity index (χ3n) is 5.76. The lowest BCUT2D eigenvalue weighted by Gasteiger charge is -2.37. The van der Waals surface area contributed by atoms with Crippen molar-refractivity contribution < 1.29 is 4.79 Å². The highest BCUT2D eigenvalue weighted by Gasteiger charge is 2.46. The van der Waals surface area contributed by atoms with Crippen LogP contribution in [-0.2, 0) is 4.79 Å². The Morgan fingerprint density at radius 2 is 2.00 bits per heavy atom. The Bertz CT molecular complexity index is 330. The molecule has 108 valence electrons. The highest BCUT2D eigenvalue weighted by Crippen LogP contribution is 2.37. The van der Waals surface area contributed by atoms with Crippen LogP contribution >= 0.6 is 0 Å². The monoisotopic (exact) mass is 264 g/mol. The lowest BCUT2D eigenvalue weighted by atomic mass is 9.90. The van der Waals surface area contributed by atoms with Gasteiger partial charge in [-0.2, -0.15) is 0 Å². The Hall–Kier alpha value is -0.570. The van der Waals surface area contributed by atoms with Gasteiger partial charge in [0.2, 0.25) is 5.91 Å². The molecule has 3 heteroatoms. The van der Waals surface area contributed by atoms with E-state index < -0.39 is 0 Å². The minimum Gasteiger partial charge on any atom is -0.338 e. The van der Waals surface area contributed by atoms with Crippen molar-refractivity contribution >= 4 is 5.91 Å². The number of rotatable bonds is 3. The first-order valence-electron chi connectivity index (χ1n) is 8.33. The van der Waals surface area contributed by atoms with Crippen LogP contribution in [0.4, 0.5) is 0 Å². The maximum atomic E-state index is 13.0. The molecule has 0 radical (unpaired) electrons. The van der Waals surface area contributed by atoms with Crippen molar-refractivity contribution in [2.75, 3.05) is 13.1 Å². The Labute approximate surface area is 117 Å². The zero-order chi connectivity index (χ0) is 13.3. The summed E-state index contributed by atoms with van der Waals surface area (Å²) in [5, 5.41) is 3.52. The van der Waals surface area contributed by atoms with Gasteiger partial charge in [0.15, 0.2) is 0 Å². The van der Waals surface area contributed by atoms with E-state index in [1.165, 1.54) is 38.5 Å². The van der Waals surface area contributed by atoms with E-state index in [2.05, 4.69) is 17.1 Å². The first kappa shape index (κ1) is 13.4. The lowest BCUT2D eigenvalue weighted by Crippen LogP contribution is -2.56. The molecule has 2 heterocycles. The third kappa shape index (κ3) is 2.31. The average Bonchev–Trinajstić information content (AvgIpc) is 3.17. The van der Waals surface area contributed by atoms with Gasteiger partial charge in [-0.05, 0) is 57.4 Å². The van der Waals surface area contributed by atoms with Crippen LogP contribution < -0.4 is 5.32 Å². The molecule has 3 aliphatic rings. The van der Waals surface area contributed by atoms with E-state index >= 15 is 0 Å².